The highest BCUT2D eigenvalue weighted by Gasteiger charge is 2.18. The van der Waals surface area contributed by atoms with Crippen molar-refractivity contribution >= 4 is 33.9 Å². The molecule has 0 atom stereocenters. The zero-order valence-corrected chi connectivity index (χ0v) is 11.6. The van der Waals surface area contributed by atoms with Crippen LogP contribution in [0.25, 0.3) is 0 Å². The standard InChI is InChI=1S/C13H10N2O5S/c1-7-3-2-4-8(11(7)13(17)18)14-12(16)9-5-6-10(21-9)15(19)20/h2-6H,1H3,(H,14,16)(H,17,18). The fourth-order valence-electron chi connectivity index (χ4n) is 1.79. The quantitative estimate of drug-likeness (QED) is 0.666. The van der Waals surface area contributed by atoms with Crippen LogP contribution in [0.2, 0.25) is 0 Å². The van der Waals surface area contributed by atoms with E-state index in [1.54, 1.807) is 19.1 Å². The third-order valence-electron chi connectivity index (χ3n) is 2.73. The van der Waals surface area contributed by atoms with Crippen molar-refractivity contribution in [3.05, 3.63) is 56.5 Å². The highest BCUT2D eigenvalue weighted by atomic mass is 32.1. The molecule has 108 valence electrons. The number of carboxylic acids is 1. The van der Waals surface area contributed by atoms with E-state index in [2.05, 4.69) is 5.32 Å². The molecule has 8 heteroatoms. The molecule has 0 unspecified atom stereocenters. The fourth-order valence-corrected chi connectivity index (χ4v) is 2.50. The Morgan fingerprint density at radius 3 is 2.57 bits per heavy atom. The Labute approximate surface area is 123 Å². The Morgan fingerprint density at radius 1 is 1.29 bits per heavy atom. The number of nitro groups is 1. The van der Waals surface area contributed by atoms with Crippen LogP contribution in [-0.2, 0) is 0 Å². The van der Waals surface area contributed by atoms with Gasteiger partial charge in [0.1, 0.15) is 0 Å². The van der Waals surface area contributed by atoms with Gasteiger partial charge in [0, 0.05) is 6.07 Å². The number of nitrogens with zero attached hydrogens (tertiary/aromatic N) is 1. The predicted molar refractivity (Wildman–Crippen MR) is 77.1 cm³/mol. The molecule has 1 aromatic carbocycles. The van der Waals surface area contributed by atoms with Crippen LogP contribution in [0.3, 0.4) is 0 Å². The second kappa shape index (κ2) is 5.71. The third-order valence-corrected chi connectivity index (χ3v) is 3.77. The lowest BCUT2D eigenvalue weighted by atomic mass is 10.1. The summed E-state index contributed by atoms with van der Waals surface area (Å²) in [6.07, 6.45) is 0. The van der Waals surface area contributed by atoms with Gasteiger partial charge in [0.25, 0.3) is 5.91 Å². The molecule has 2 N–H and O–H groups in total. The van der Waals surface area contributed by atoms with E-state index >= 15 is 0 Å². The molecule has 2 aromatic rings. The maximum absolute atomic E-state index is 12.0. The molecule has 0 spiro atoms. The maximum Gasteiger partial charge on any atom is 0.338 e. The van der Waals surface area contributed by atoms with Crippen LogP contribution in [0.4, 0.5) is 10.7 Å². The van der Waals surface area contributed by atoms with Crippen LogP contribution in [0.5, 0.6) is 0 Å². The van der Waals surface area contributed by atoms with E-state index in [-0.39, 0.29) is 21.1 Å². The first-order valence-electron chi connectivity index (χ1n) is 5.78. The molecule has 0 fully saturated rings. The van der Waals surface area contributed by atoms with Gasteiger partial charge in [-0.1, -0.05) is 23.5 Å². The molecule has 0 saturated carbocycles. The number of carboxylic acid groups (broad SMARTS) is 1. The van der Waals surface area contributed by atoms with E-state index in [0.717, 1.165) is 11.3 Å². The van der Waals surface area contributed by atoms with Crippen LogP contribution in [0, 0.1) is 17.0 Å². The van der Waals surface area contributed by atoms with Gasteiger partial charge >= 0.3 is 11.0 Å². The zero-order valence-electron chi connectivity index (χ0n) is 10.8. The van der Waals surface area contributed by atoms with Gasteiger partial charge in [-0.25, -0.2) is 4.79 Å². The lowest BCUT2D eigenvalue weighted by Crippen LogP contribution is -2.14. The van der Waals surface area contributed by atoms with E-state index in [1.165, 1.54) is 18.2 Å². The van der Waals surface area contributed by atoms with Gasteiger partial charge in [0.2, 0.25) is 0 Å². The molecular formula is C13H10N2O5S. The summed E-state index contributed by atoms with van der Waals surface area (Å²) in [7, 11) is 0. The highest BCUT2D eigenvalue weighted by Crippen LogP contribution is 2.26. The van der Waals surface area contributed by atoms with Crippen molar-refractivity contribution in [2.24, 2.45) is 0 Å². The minimum absolute atomic E-state index is 0.00286. The van der Waals surface area contributed by atoms with Gasteiger partial charge in [0.05, 0.1) is 21.1 Å². The number of hydrogen-bond donors (Lipinski definition) is 2. The Morgan fingerprint density at radius 2 is 2.00 bits per heavy atom. The minimum Gasteiger partial charge on any atom is -0.478 e. The summed E-state index contributed by atoms with van der Waals surface area (Å²) in [6.45, 7) is 1.62. The molecule has 1 aromatic heterocycles. The molecule has 0 aliphatic rings. The van der Waals surface area contributed by atoms with Crippen LogP contribution in [-0.4, -0.2) is 21.9 Å². The number of anilines is 1. The molecule has 0 aliphatic carbocycles. The molecule has 0 saturated heterocycles. The first kappa shape index (κ1) is 14.7. The van der Waals surface area contributed by atoms with E-state index < -0.39 is 16.8 Å². The van der Waals surface area contributed by atoms with Gasteiger partial charge in [-0.05, 0) is 24.6 Å². The molecule has 7 nitrogen and oxygen atoms in total. The van der Waals surface area contributed by atoms with E-state index in [1.807, 2.05) is 0 Å². The number of thiophene rings is 1. The van der Waals surface area contributed by atoms with Crippen molar-refractivity contribution in [2.45, 2.75) is 6.92 Å². The van der Waals surface area contributed by atoms with Gasteiger partial charge in [-0.15, -0.1) is 0 Å². The molecule has 1 heterocycles. The minimum atomic E-state index is -1.15. The van der Waals surface area contributed by atoms with Crippen molar-refractivity contribution < 1.29 is 19.6 Å². The summed E-state index contributed by atoms with van der Waals surface area (Å²) in [6, 6.07) is 7.27. The first-order valence-corrected chi connectivity index (χ1v) is 6.60. The monoisotopic (exact) mass is 306 g/mol. The van der Waals surface area contributed by atoms with E-state index in [0.29, 0.717) is 5.56 Å². The zero-order chi connectivity index (χ0) is 15.6. The molecular weight excluding hydrogens is 296 g/mol. The summed E-state index contributed by atoms with van der Waals surface area (Å²) in [5.74, 6) is -1.73. The smallest absolute Gasteiger partial charge is 0.338 e. The Balaban J connectivity index is 2.29. The summed E-state index contributed by atoms with van der Waals surface area (Å²) in [5.41, 5.74) is 0.665. The molecule has 1 amide bonds. The van der Waals surface area contributed by atoms with Crippen LogP contribution in [0.1, 0.15) is 25.6 Å². The van der Waals surface area contributed by atoms with Gasteiger partial charge in [-0.3, -0.25) is 14.9 Å². The number of hydrogen-bond acceptors (Lipinski definition) is 5. The van der Waals surface area contributed by atoms with E-state index in [4.69, 9.17) is 5.11 Å². The first-order chi connectivity index (χ1) is 9.90. The van der Waals surface area contributed by atoms with Crippen molar-refractivity contribution in [3.8, 4) is 0 Å². The number of carbonyl (C=O) groups excluding carboxylic acids is 1. The normalized spacial score (nSPS) is 10.1. The topological polar surface area (TPSA) is 110 Å². The largest absolute Gasteiger partial charge is 0.478 e. The number of carbonyl (C=O) groups is 2. The Bertz CT molecular complexity index is 738. The average molecular weight is 306 g/mol. The fraction of sp³-hybridized carbons (Fsp3) is 0.0769. The van der Waals surface area contributed by atoms with Crippen molar-refractivity contribution in [2.75, 3.05) is 5.32 Å². The maximum atomic E-state index is 12.0. The molecule has 21 heavy (non-hydrogen) atoms. The van der Waals surface area contributed by atoms with Gasteiger partial charge in [0.15, 0.2) is 0 Å². The summed E-state index contributed by atoms with van der Waals surface area (Å²) < 4.78 is 0. The molecule has 0 radical (unpaired) electrons. The van der Waals surface area contributed by atoms with E-state index in [9.17, 15) is 19.7 Å². The summed E-state index contributed by atoms with van der Waals surface area (Å²) in [4.78, 5) is 33.4. The van der Waals surface area contributed by atoms with Crippen LogP contribution >= 0.6 is 11.3 Å². The SMILES string of the molecule is Cc1cccc(NC(=O)c2ccc([N+](=O)[O-])s2)c1C(=O)O. The summed E-state index contributed by atoms with van der Waals surface area (Å²) in [5, 5.41) is 22.1. The van der Waals surface area contributed by atoms with Crippen LogP contribution < -0.4 is 5.32 Å². The lowest BCUT2D eigenvalue weighted by Gasteiger charge is -2.09. The second-order valence-electron chi connectivity index (χ2n) is 4.15. The second-order valence-corrected chi connectivity index (χ2v) is 5.21. The average Bonchev–Trinajstić information content (AvgIpc) is 2.88. The number of amides is 1. The molecule has 2 rings (SSSR count). The highest BCUT2D eigenvalue weighted by molar-refractivity contribution is 7.17. The van der Waals surface area contributed by atoms with Gasteiger partial charge in [-0.2, -0.15) is 0 Å². The number of nitrogens with one attached hydrogen (secondary N) is 1. The summed E-state index contributed by atoms with van der Waals surface area (Å²) >= 11 is 0.728. The lowest BCUT2D eigenvalue weighted by molar-refractivity contribution is -0.380. The van der Waals surface area contributed by atoms with Gasteiger partial charge < -0.3 is 10.4 Å². The third kappa shape index (κ3) is 3.06. The van der Waals surface area contributed by atoms with Crippen molar-refractivity contribution in [3.63, 3.8) is 0 Å². The number of aryl methyl sites for hydroxylation is 1. The number of benzene rings is 1. The molecule has 0 aliphatic heterocycles. The number of aromatic carboxylic acids is 1. The van der Waals surface area contributed by atoms with Crippen molar-refractivity contribution in [1.29, 1.82) is 0 Å². The Kier molecular flexibility index (Phi) is 3.99. The predicted octanol–water partition coefficient (Wildman–Crippen LogP) is 2.92. The van der Waals surface area contributed by atoms with Crippen LogP contribution in [0.15, 0.2) is 30.3 Å². The Hall–Kier alpha value is -2.74. The molecule has 0 bridgehead atoms. The number of rotatable bonds is 4. The van der Waals surface area contributed by atoms with Crippen molar-refractivity contribution in [1.82, 2.24) is 0 Å².